The Kier molecular flexibility index (Phi) is 8.36. The second kappa shape index (κ2) is 11.0. The number of carboxylic acid groups (broad SMARTS) is 2. The lowest BCUT2D eigenvalue weighted by Crippen LogP contribution is -2.01. The first-order valence-corrected chi connectivity index (χ1v) is 9.33. The Morgan fingerprint density at radius 3 is 2.00 bits per heavy atom. The average molecular weight is 370 g/mol. The van der Waals surface area contributed by atoms with Gasteiger partial charge >= 0.3 is 11.9 Å². The molecule has 0 bridgehead atoms. The van der Waals surface area contributed by atoms with E-state index in [1.54, 1.807) is 0 Å². The summed E-state index contributed by atoms with van der Waals surface area (Å²) in [6.45, 7) is 0. The van der Waals surface area contributed by atoms with Gasteiger partial charge in [-0.3, -0.25) is 9.59 Å². The van der Waals surface area contributed by atoms with Crippen molar-refractivity contribution < 1.29 is 24.5 Å². The molecule has 2 N–H and O–H groups in total. The topological polar surface area (TPSA) is 83.8 Å². The number of ether oxygens (including phenoxy) is 1. The quantitative estimate of drug-likeness (QED) is 0.509. The van der Waals surface area contributed by atoms with Gasteiger partial charge in [-0.2, -0.15) is 0 Å². The summed E-state index contributed by atoms with van der Waals surface area (Å²) in [6, 6.07) is 15.5. The lowest BCUT2D eigenvalue weighted by atomic mass is 9.96. The molecule has 0 atom stereocenters. The van der Waals surface area contributed by atoms with Crippen LogP contribution >= 0.6 is 0 Å². The Morgan fingerprint density at radius 2 is 1.37 bits per heavy atom. The number of hydrogen-bond acceptors (Lipinski definition) is 3. The molecule has 2 rings (SSSR count). The SMILES string of the molecule is O=C(O)CCCCc1cccc(Oc2ccccc2)c1CCCCC(=O)O. The minimum atomic E-state index is -0.780. The first-order valence-electron chi connectivity index (χ1n) is 9.33. The molecule has 0 aliphatic carbocycles. The number of hydrogen-bond donors (Lipinski definition) is 2. The van der Waals surface area contributed by atoms with Gasteiger partial charge in [0.25, 0.3) is 0 Å². The van der Waals surface area contributed by atoms with Crippen LogP contribution in [-0.2, 0) is 22.4 Å². The Balaban J connectivity index is 2.11. The summed E-state index contributed by atoms with van der Waals surface area (Å²) >= 11 is 0. The van der Waals surface area contributed by atoms with Crippen LogP contribution in [0.2, 0.25) is 0 Å². The highest BCUT2D eigenvalue weighted by Gasteiger charge is 2.11. The second-order valence-electron chi connectivity index (χ2n) is 6.51. The lowest BCUT2D eigenvalue weighted by molar-refractivity contribution is -0.138. The van der Waals surface area contributed by atoms with Gasteiger partial charge in [0, 0.05) is 12.8 Å². The summed E-state index contributed by atoms with van der Waals surface area (Å²) in [7, 11) is 0. The van der Waals surface area contributed by atoms with Crippen LogP contribution in [0.4, 0.5) is 0 Å². The molecule has 0 heterocycles. The van der Waals surface area contributed by atoms with Gasteiger partial charge in [0.15, 0.2) is 0 Å². The normalized spacial score (nSPS) is 10.5. The molecule has 27 heavy (non-hydrogen) atoms. The highest BCUT2D eigenvalue weighted by molar-refractivity contribution is 5.66. The number of benzene rings is 2. The van der Waals surface area contributed by atoms with Gasteiger partial charge in [-0.15, -0.1) is 0 Å². The van der Waals surface area contributed by atoms with E-state index in [9.17, 15) is 9.59 Å². The number of carboxylic acids is 2. The van der Waals surface area contributed by atoms with Crippen molar-refractivity contribution in [2.75, 3.05) is 0 Å². The van der Waals surface area contributed by atoms with Gasteiger partial charge in [-0.05, 0) is 67.9 Å². The van der Waals surface area contributed by atoms with E-state index in [0.29, 0.717) is 12.8 Å². The van der Waals surface area contributed by atoms with Crippen molar-refractivity contribution in [3.63, 3.8) is 0 Å². The molecule has 0 aromatic heterocycles. The molecule has 0 saturated heterocycles. The minimum absolute atomic E-state index is 0.162. The summed E-state index contributed by atoms with van der Waals surface area (Å²) < 4.78 is 6.06. The van der Waals surface area contributed by atoms with E-state index in [2.05, 4.69) is 0 Å². The molecule has 2 aromatic rings. The van der Waals surface area contributed by atoms with E-state index in [-0.39, 0.29) is 12.8 Å². The molecule has 0 saturated carbocycles. The molecule has 0 aliphatic heterocycles. The van der Waals surface area contributed by atoms with E-state index in [4.69, 9.17) is 14.9 Å². The van der Waals surface area contributed by atoms with Gasteiger partial charge in [0.05, 0.1) is 0 Å². The van der Waals surface area contributed by atoms with Crippen LogP contribution in [0.3, 0.4) is 0 Å². The van der Waals surface area contributed by atoms with Gasteiger partial charge in [-0.1, -0.05) is 30.3 Å². The zero-order valence-corrected chi connectivity index (χ0v) is 15.4. The zero-order chi connectivity index (χ0) is 19.5. The largest absolute Gasteiger partial charge is 0.481 e. The number of rotatable bonds is 12. The number of aliphatic carboxylic acids is 2. The fourth-order valence-electron chi connectivity index (χ4n) is 3.01. The Morgan fingerprint density at radius 1 is 0.741 bits per heavy atom. The highest BCUT2D eigenvalue weighted by Crippen LogP contribution is 2.30. The van der Waals surface area contributed by atoms with E-state index in [1.165, 1.54) is 0 Å². The van der Waals surface area contributed by atoms with Gasteiger partial charge in [0.1, 0.15) is 11.5 Å². The lowest BCUT2D eigenvalue weighted by Gasteiger charge is -2.16. The van der Waals surface area contributed by atoms with Gasteiger partial charge in [-0.25, -0.2) is 0 Å². The Labute approximate surface area is 159 Å². The van der Waals surface area contributed by atoms with Crippen LogP contribution in [0.1, 0.15) is 49.7 Å². The first-order chi connectivity index (χ1) is 13.1. The highest BCUT2D eigenvalue weighted by atomic mass is 16.5. The summed E-state index contributed by atoms with van der Waals surface area (Å²) in [5.74, 6) is -0.0117. The van der Waals surface area contributed by atoms with Crippen LogP contribution in [0.25, 0.3) is 0 Å². The average Bonchev–Trinajstić information content (AvgIpc) is 2.64. The third-order valence-corrected chi connectivity index (χ3v) is 4.36. The van der Waals surface area contributed by atoms with Crippen molar-refractivity contribution in [1.29, 1.82) is 0 Å². The summed E-state index contributed by atoms with van der Waals surface area (Å²) in [5.41, 5.74) is 2.23. The predicted octanol–water partition coefficient (Wildman–Crippen LogP) is 5.07. The monoisotopic (exact) mass is 370 g/mol. The van der Waals surface area contributed by atoms with E-state index < -0.39 is 11.9 Å². The van der Waals surface area contributed by atoms with E-state index in [1.807, 2.05) is 48.5 Å². The Bertz CT molecular complexity index is 740. The third-order valence-electron chi connectivity index (χ3n) is 4.36. The maximum Gasteiger partial charge on any atom is 0.303 e. The molecular weight excluding hydrogens is 344 g/mol. The number of unbranched alkanes of at least 4 members (excludes halogenated alkanes) is 2. The fraction of sp³-hybridized carbons (Fsp3) is 0.364. The molecule has 0 spiro atoms. The van der Waals surface area contributed by atoms with Crippen molar-refractivity contribution >= 4 is 11.9 Å². The van der Waals surface area contributed by atoms with Crippen LogP contribution in [0.15, 0.2) is 48.5 Å². The third kappa shape index (κ3) is 7.52. The Hall–Kier alpha value is -2.82. The minimum Gasteiger partial charge on any atom is -0.481 e. The molecule has 0 unspecified atom stereocenters. The summed E-state index contributed by atoms with van der Waals surface area (Å²) in [4.78, 5) is 21.4. The van der Waals surface area contributed by atoms with E-state index >= 15 is 0 Å². The zero-order valence-electron chi connectivity index (χ0n) is 15.4. The molecule has 2 aromatic carbocycles. The van der Waals surface area contributed by atoms with E-state index in [0.717, 1.165) is 48.3 Å². The van der Waals surface area contributed by atoms with Crippen molar-refractivity contribution in [2.45, 2.75) is 51.4 Å². The molecule has 5 heteroatoms. The number of para-hydroxylation sites is 1. The predicted molar refractivity (Wildman–Crippen MR) is 103 cm³/mol. The maximum absolute atomic E-state index is 10.7. The fourth-order valence-corrected chi connectivity index (χ4v) is 3.01. The molecule has 0 radical (unpaired) electrons. The van der Waals surface area contributed by atoms with Crippen molar-refractivity contribution in [2.24, 2.45) is 0 Å². The second-order valence-corrected chi connectivity index (χ2v) is 6.51. The molecule has 0 fully saturated rings. The van der Waals surface area contributed by atoms with Crippen LogP contribution < -0.4 is 4.74 Å². The smallest absolute Gasteiger partial charge is 0.303 e. The molecule has 144 valence electrons. The summed E-state index contributed by atoms with van der Waals surface area (Å²) in [5, 5.41) is 17.6. The van der Waals surface area contributed by atoms with Crippen LogP contribution in [0, 0.1) is 0 Å². The van der Waals surface area contributed by atoms with Crippen LogP contribution in [-0.4, -0.2) is 22.2 Å². The first kappa shape index (κ1) is 20.5. The molecular formula is C22H26O5. The maximum atomic E-state index is 10.7. The van der Waals surface area contributed by atoms with Crippen molar-refractivity contribution in [3.05, 3.63) is 59.7 Å². The number of aryl methyl sites for hydroxylation is 1. The van der Waals surface area contributed by atoms with Crippen molar-refractivity contribution in [3.8, 4) is 11.5 Å². The van der Waals surface area contributed by atoms with Gasteiger partial charge in [0.2, 0.25) is 0 Å². The summed E-state index contributed by atoms with van der Waals surface area (Å²) in [6.07, 6.45) is 4.68. The standard InChI is InChI=1S/C22H26O5/c23-21(24)15-6-4-9-17-10-8-14-20(27-18-11-2-1-3-12-18)19(17)13-5-7-16-22(25)26/h1-3,8,10-12,14H,4-7,9,13,15-16H2,(H,23,24)(H,25,26). The van der Waals surface area contributed by atoms with Crippen molar-refractivity contribution in [1.82, 2.24) is 0 Å². The van der Waals surface area contributed by atoms with Gasteiger partial charge < -0.3 is 14.9 Å². The molecule has 5 nitrogen and oxygen atoms in total. The number of carbonyl (C=O) groups is 2. The molecule has 0 aliphatic rings. The molecule has 0 amide bonds. The van der Waals surface area contributed by atoms with Crippen LogP contribution in [0.5, 0.6) is 11.5 Å².